The maximum absolute atomic E-state index is 12.7. The molecule has 4 nitrogen and oxygen atoms in total. The highest BCUT2D eigenvalue weighted by Gasteiger charge is 2.32. The van der Waals surface area contributed by atoms with Crippen LogP contribution in [0.5, 0.6) is 0 Å². The highest BCUT2D eigenvalue weighted by Crippen LogP contribution is 2.36. The molecule has 0 bridgehead atoms. The second-order valence-electron chi connectivity index (χ2n) is 4.77. The van der Waals surface area contributed by atoms with E-state index in [4.69, 9.17) is 11.6 Å². The molecule has 1 unspecified atom stereocenters. The van der Waals surface area contributed by atoms with Crippen molar-refractivity contribution in [1.29, 1.82) is 0 Å². The molecule has 1 aromatic rings. The number of nitrogens with zero attached hydrogens (tertiary/aromatic N) is 2. The van der Waals surface area contributed by atoms with Crippen LogP contribution < -0.4 is 0 Å². The fourth-order valence-electron chi connectivity index (χ4n) is 2.28. The topological polar surface area (TPSA) is 40.6 Å². The molecule has 0 saturated carbocycles. The fraction of sp³-hybridized carbons (Fsp3) is 0.636. The average molecular weight is 388 g/mol. The van der Waals surface area contributed by atoms with Crippen molar-refractivity contribution in [3.05, 3.63) is 14.9 Å². The molecule has 0 spiro atoms. The summed E-state index contributed by atoms with van der Waals surface area (Å²) in [6.45, 7) is 4.18. The van der Waals surface area contributed by atoms with Crippen LogP contribution in [-0.4, -0.2) is 50.3 Å². The Morgan fingerprint density at radius 3 is 2.74 bits per heavy atom. The lowest BCUT2D eigenvalue weighted by molar-refractivity contribution is 0.291. The molecular weight excluding hydrogens is 372 g/mol. The standard InChI is InChI=1S/C11H16BrClN2O2S2/c1-8-7-14(2)4-3-5-15(8)19(16,17)10-6-9(13)11(12)18-10/h6,8H,3-5,7H2,1-2H3. The van der Waals surface area contributed by atoms with Crippen molar-refractivity contribution in [1.82, 2.24) is 9.21 Å². The quantitative estimate of drug-likeness (QED) is 0.783. The average Bonchev–Trinajstić information content (AvgIpc) is 2.55. The number of rotatable bonds is 2. The summed E-state index contributed by atoms with van der Waals surface area (Å²) in [5.41, 5.74) is 0. The Hall–Kier alpha value is 0.340. The van der Waals surface area contributed by atoms with Crippen LogP contribution >= 0.6 is 38.9 Å². The van der Waals surface area contributed by atoms with Gasteiger partial charge in [-0.3, -0.25) is 0 Å². The van der Waals surface area contributed by atoms with Crippen molar-refractivity contribution in [2.45, 2.75) is 23.6 Å². The van der Waals surface area contributed by atoms with E-state index < -0.39 is 10.0 Å². The highest BCUT2D eigenvalue weighted by molar-refractivity contribution is 9.11. The number of halogens is 2. The van der Waals surface area contributed by atoms with Gasteiger partial charge in [-0.25, -0.2) is 8.42 Å². The molecule has 0 aliphatic carbocycles. The molecule has 1 aliphatic rings. The number of hydrogen-bond acceptors (Lipinski definition) is 4. The minimum Gasteiger partial charge on any atom is -0.305 e. The van der Waals surface area contributed by atoms with Crippen LogP contribution in [0, 0.1) is 0 Å². The van der Waals surface area contributed by atoms with E-state index in [0.29, 0.717) is 19.6 Å². The molecule has 19 heavy (non-hydrogen) atoms. The summed E-state index contributed by atoms with van der Waals surface area (Å²) in [5, 5.41) is 0.447. The monoisotopic (exact) mass is 386 g/mol. The van der Waals surface area contributed by atoms with E-state index in [0.717, 1.165) is 19.5 Å². The summed E-state index contributed by atoms with van der Waals surface area (Å²) < 4.78 is 27.9. The Labute approximate surface area is 131 Å². The maximum atomic E-state index is 12.7. The lowest BCUT2D eigenvalue weighted by Gasteiger charge is -2.26. The van der Waals surface area contributed by atoms with Gasteiger partial charge in [-0.1, -0.05) is 11.6 Å². The molecule has 0 amide bonds. The summed E-state index contributed by atoms with van der Waals surface area (Å²) in [6, 6.07) is 1.49. The third kappa shape index (κ3) is 3.33. The summed E-state index contributed by atoms with van der Waals surface area (Å²) in [7, 11) is -1.43. The van der Waals surface area contributed by atoms with Crippen molar-refractivity contribution in [2.75, 3.05) is 26.7 Å². The second-order valence-corrected chi connectivity index (χ2v) is 9.66. The number of hydrogen-bond donors (Lipinski definition) is 0. The van der Waals surface area contributed by atoms with Gasteiger partial charge in [0, 0.05) is 19.1 Å². The lowest BCUT2D eigenvalue weighted by Crippen LogP contribution is -2.41. The number of likely N-dealkylation sites (N-methyl/N-ethyl adjacent to an activating group) is 1. The second kappa shape index (κ2) is 5.99. The molecule has 1 fully saturated rings. The van der Waals surface area contributed by atoms with Crippen molar-refractivity contribution >= 4 is 48.9 Å². The third-order valence-corrected chi connectivity index (χ3v) is 8.11. The molecule has 1 aromatic heterocycles. The third-order valence-electron chi connectivity index (χ3n) is 3.17. The van der Waals surface area contributed by atoms with Gasteiger partial charge in [-0.15, -0.1) is 11.3 Å². The summed E-state index contributed by atoms with van der Waals surface area (Å²) in [4.78, 5) is 2.16. The Balaban J connectivity index is 2.33. The first-order valence-electron chi connectivity index (χ1n) is 5.97. The zero-order chi connectivity index (χ0) is 14.2. The smallest absolute Gasteiger partial charge is 0.252 e. The van der Waals surface area contributed by atoms with Crippen LogP contribution in [0.3, 0.4) is 0 Å². The van der Waals surface area contributed by atoms with Crippen LogP contribution in [-0.2, 0) is 10.0 Å². The van der Waals surface area contributed by atoms with Gasteiger partial charge in [-0.05, 0) is 48.9 Å². The molecule has 2 rings (SSSR count). The van der Waals surface area contributed by atoms with E-state index >= 15 is 0 Å². The van der Waals surface area contributed by atoms with Crippen molar-refractivity contribution in [2.24, 2.45) is 0 Å². The van der Waals surface area contributed by atoms with Crippen LogP contribution in [0.4, 0.5) is 0 Å². The van der Waals surface area contributed by atoms with Crippen LogP contribution in [0.2, 0.25) is 5.02 Å². The van der Waals surface area contributed by atoms with E-state index in [2.05, 4.69) is 20.8 Å². The van der Waals surface area contributed by atoms with Gasteiger partial charge in [0.05, 0.1) is 8.81 Å². The normalized spacial score (nSPS) is 23.5. The zero-order valence-electron chi connectivity index (χ0n) is 10.8. The highest BCUT2D eigenvalue weighted by atomic mass is 79.9. The predicted octanol–water partition coefficient (Wildman–Crippen LogP) is 2.88. The Morgan fingerprint density at radius 1 is 1.47 bits per heavy atom. The van der Waals surface area contributed by atoms with Gasteiger partial charge >= 0.3 is 0 Å². The zero-order valence-corrected chi connectivity index (χ0v) is 14.7. The van der Waals surface area contributed by atoms with E-state index in [9.17, 15) is 8.42 Å². The number of sulfonamides is 1. The molecule has 0 radical (unpaired) electrons. The van der Waals surface area contributed by atoms with Gasteiger partial charge in [0.15, 0.2) is 0 Å². The molecule has 108 valence electrons. The fourth-order valence-corrected chi connectivity index (χ4v) is 6.47. The van der Waals surface area contributed by atoms with Crippen LogP contribution in [0.25, 0.3) is 0 Å². The molecule has 1 aliphatic heterocycles. The molecule has 0 N–H and O–H groups in total. The largest absolute Gasteiger partial charge is 0.305 e. The van der Waals surface area contributed by atoms with Gasteiger partial charge in [0.25, 0.3) is 10.0 Å². The van der Waals surface area contributed by atoms with Gasteiger partial charge in [-0.2, -0.15) is 4.31 Å². The van der Waals surface area contributed by atoms with Crippen molar-refractivity contribution < 1.29 is 8.42 Å². The Morgan fingerprint density at radius 2 is 2.16 bits per heavy atom. The Bertz CT molecular complexity index is 542. The van der Waals surface area contributed by atoms with Crippen molar-refractivity contribution in [3.63, 3.8) is 0 Å². The molecule has 8 heteroatoms. The summed E-state index contributed by atoms with van der Waals surface area (Å²) in [5.74, 6) is 0. The maximum Gasteiger partial charge on any atom is 0.252 e. The van der Waals surface area contributed by atoms with Gasteiger partial charge in [0.2, 0.25) is 0 Å². The van der Waals surface area contributed by atoms with Crippen molar-refractivity contribution in [3.8, 4) is 0 Å². The minimum atomic E-state index is -3.45. The van der Waals surface area contributed by atoms with E-state index in [1.807, 2.05) is 14.0 Å². The number of thiophene rings is 1. The van der Waals surface area contributed by atoms with Gasteiger partial charge in [0.1, 0.15) is 4.21 Å². The van der Waals surface area contributed by atoms with E-state index in [1.165, 1.54) is 17.4 Å². The summed E-state index contributed by atoms with van der Waals surface area (Å²) >= 11 is 10.4. The summed E-state index contributed by atoms with van der Waals surface area (Å²) in [6.07, 6.45) is 0.848. The Kier molecular flexibility index (Phi) is 4.96. The minimum absolute atomic E-state index is 0.0304. The van der Waals surface area contributed by atoms with Gasteiger partial charge < -0.3 is 4.90 Å². The molecular formula is C11H16BrClN2O2S2. The molecule has 1 saturated heterocycles. The molecule has 0 aromatic carbocycles. The first-order chi connectivity index (χ1) is 8.82. The van der Waals surface area contributed by atoms with Crippen LogP contribution in [0.1, 0.15) is 13.3 Å². The molecule has 1 atom stereocenters. The molecule has 2 heterocycles. The lowest BCUT2D eigenvalue weighted by atomic mass is 10.3. The SMILES string of the molecule is CC1CN(C)CCCN1S(=O)(=O)c1cc(Cl)c(Br)s1. The van der Waals surface area contributed by atoms with Crippen LogP contribution in [0.15, 0.2) is 14.1 Å². The van der Waals surface area contributed by atoms with E-state index in [-0.39, 0.29) is 6.04 Å². The first-order valence-corrected chi connectivity index (χ1v) is 9.40. The first kappa shape index (κ1) is 15.7. The van der Waals surface area contributed by atoms with E-state index in [1.54, 1.807) is 4.31 Å². The predicted molar refractivity (Wildman–Crippen MR) is 82.5 cm³/mol.